The maximum absolute atomic E-state index is 11.4. The van der Waals surface area contributed by atoms with Crippen LogP contribution in [-0.2, 0) is 4.79 Å². The van der Waals surface area contributed by atoms with Gasteiger partial charge in [0.25, 0.3) is 0 Å². The number of amides is 1. The largest absolute Gasteiger partial charge is 0.337 e. The number of carbonyl (C=O) groups excluding carboxylic acids is 1. The molecular weight excluding hydrogens is 200 g/mol. The Hall–Kier alpha value is -0.570. The molecule has 16 heavy (non-hydrogen) atoms. The van der Waals surface area contributed by atoms with Crippen LogP contribution in [0.2, 0.25) is 0 Å². The van der Waals surface area contributed by atoms with Crippen LogP contribution in [0.15, 0.2) is 0 Å². The first-order chi connectivity index (χ1) is 7.72. The van der Waals surface area contributed by atoms with Crippen molar-refractivity contribution in [3.05, 3.63) is 0 Å². The topological polar surface area (TPSA) is 41.1 Å². The van der Waals surface area contributed by atoms with Crippen molar-refractivity contribution in [2.24, 2.45) is 0 Å². The molecule has 0 radical (unpaired) electrons. The molecule has 0 spiro atoms. The van der Waals surface area contributed by atoms with E-state index in [1.807, 2.05) is 0 Å². The predicted octanol–water partition coefficient (Wildman–Crippen LogP) is 2.56. The summed E-state index contributed by atoms with van der Waals surface area (Å²) < 4.78 is 0. The summed E-state index contributed by atoms with van der Waals surface area (Å²) in [6, 6.07) is 0. The van der Waals surface area contributed by atoms with Crippen LogP contribution in [0.5, 0.6) is 0 Å². The van der Waals surface area contributed by atoms with Gasteiger partial charge >= 0.3 is 0 Å². The molecular formula is C13H26N2O. The smallest absolute Gasteiger partial charge is 0.235 e. The van der Waals surface area contributed by atoms with Gasteiger partial charge in [-0.3, -0.25) is 10.1 Å². The van der Waals surface area contributed by atoms with Gasteiger partial charge < -0.3 is 5.32 Å². The normalized spacial score (nSPS) is 18.8. The molecule has 3 heteroatoms. The molecule has 1 amide bonds. The van der Waals surface area contributed by atoms with Crippen molar-refractivity contribution in [1.29, 1.82) is 0 Å². The van der Waals surface area contributed by atoms with Crippen LogP contribution in [0.1, 0.15) is 65.2 Å². The van der Waals surface area contributed by atoms with Gasteiger partial charge in [0.15, 0.2) is 0 Å². The molecule has 0 unspecified atom stereocenters. The zero-order chi connectivity index (χ0) is 11.9. The Morgan fingerprint density at radius 1 is 1.06 bits per heavy atom. The van der Waals surface area contributed by atoms with E-state index in [1.165, 1.54) is 38.5 Å². The molecule has 0 aromatic heterocycles. The molecule has 1 saturated heterocycles. The summed E-state index contributed by atoms with van der Waals surface area (Å²) in [6.45, 7) is 4.92. The average molecular weight is 226 g/mol. The molecule has 2 N–H and O–H groups in total. The molecule has 1 aliphatic rings. The minimum absolute atomic E-state index is 0.0819. The van der Waals surface area contributed by atoms with Crippen molar-refractivity contribution < 1.29 is 4.79 Å². The Morgan fingerprint density at radius 2 is 1.62 bits per heavy atom. The molecule has 0 aromatic rings. The highest BCUT2D eigenvalue weighted by Crippen LogP contribution is 2.22. The molecule has 0 bridgehead atoms. The SMILES string of the molecule is CCCCCC1(CCCCC)NCC(=O)N1. The van der Waals surface area contributed by atoms with E-state index in [0.29, 0.717) is 6.54 Å². The summed E-state index contributed by atoms with van der Waals surface area (Å²) in [7, 11) is 0. The lowest BCUT2D eigenvalue weighted by molar-refractivity contribution is -0.118. The first-order valence-electron chi connectivity index (χ1n) is 6.78. The number of unbranched alkanes of at least 4 members (excludes halogenated alkanes) is 4. The van der Waals surface area contributed by atoms with Gasteiger partial charge in [0.1, 0.15) is 0 Å². The third-order valence-electron chi connectivity index (χ3n) is 3.38. The first-order valence-corrected chi connectivity index (χ1v) is 6.78. The summed E-state index contributed by atoms with van der Waals surface area (Å²) in [4.78, 5) is 11.4. The zero-order valence-electron chi connectivity index (χ0n) is 10.8. The number of carbonyl (C=O) groups is 1. The van der Waals surface area contributed by atoms with E-state index in [-0.39, 0.29) is 11.6 Å². The lowest BCUT2D eigenvalue weighted by Crippen LogP contribution is -2.49. The van der Waals surface area contributed by atoms with E-state index in [0.717, 1.165) is 12.8 Å². The van der Waals surface area contributed by atoms with Crippen molar-refractivity contribution in [1.82, 2.24) is 10.6 Å². The second kappa shape index (κ2) is 6.89. The summed E-state index contributed by atoms with van der Waals surface area (Å²) >= 11 is 0. The predicted molar refractivity (Wildman–Crippen MR) is 67.2 cm³/mol. The molecule has 0 atom stereocenters. The quantitative estimate of drug-likeness (QED) is 0.625. The molecule has 1 aliphatic heterocycles. The Labute approximate surface area is 99.4 Å². The lowest BCUT2D eigenvalue weighted by Gasteiger charge is -2.29. The Balaban J connectivity index is 2.38. The van der Waals surface area contributed by atoms with Gasteiger partial charge in [-0.15, -0.1) is 0 Å². The Bertz CT molecular complexity index is 206. The minimum Gasteiger partial charge on any atom is -0.337 e. The summed E-state index contributed by atoms with van der Waals surface area (Å²) in [5.41, 5.74) is -0.0819. The minimum atomic E-state index is -0.0819. The summed E-state index contributed by atoms with van der Waals surface area (Å²) in [6.07, 6.45) is 9.55. The van der Waals surface area contributed by atoms with Crippen molar-refractivity contribution in [2.45, 2.75) is 70.9 Å². The maximum atomic E-state index is 11.4. The van der Waals surface area contributed by atoms with Crippen molar-refractivity contribution >= 4 is 5.91 Å². The van der Waals surface area contributed by atoms with Crippen LogP contribution in [0.3, 0.4) is 0 Å². The number of hydrogen-bond donors (Lipinski definition) is 2. The average Bonchev–Trinajstić information content (AvgIpc) is 2.62. The van der Waals surface area contributed by atoms with E-state index >= 15 is 0 Å². The van der Waals surface area contributed by atoms with Crippen LogP contribution in [0.4, 0.5) is 0 Å². The number of hydrogen-bond acceptors (Lipinski definition) is 2. The van der Waals surface area contributed by atoms with Crippen LogP contribution in [0, 0.1) is 0 Å². The Kier molecular flexibility index (Phi) is 5.81. The Morgan fingerprint density at radius 3 is 2.00 bits per heavy atom. The number of rotatable bonds is 8. The number of nitrogens with one attached hydrogen (secondary N) is 2. The monoisotopic (exact) mass is 226 g/mol. The van der Waals surface area contributed by atoms with Crippen molar-refractivity contribution in [2.75, 3.05) is 6.54 Å². The fourth-order valence-electron chi connectivity index (χ4n) is 2.39. The van der Waals surface area contributed by atoms with Crippen LogP contribution in [0.25, 0.3) is 0 Å². The van der Waals surface area contributed by atoms with Gasteiger partial charge in [0.2, 0.25) is 5.91 Å². The molecule has 0 saturated carbocycles. The third kappa shape index (κ3) is 4.12. The molecule has 1 rings (SSSR count). The first kappa shape index (κ1) is 13.5. The van der Waals surface area contributed by atoms with Crippen LogP contribution in [-0.4, -0.2) is 18.1 Å². The molecule has 0 aromatic carbocycles. The lowest BCUT2D eigenvalue weighted by atomic mass is 9.96. The van der Waals surface area contributed by atoms with Gasteiger partial charge in [0.05, 0.1) is 12.2 Å². The molecule has 0 aliphatic carbocycles. The van der Waals surface area contributed by atoms with Crippen LogP contribution >= 0.6 is 0 Å². The van der Waals surface area contributed by atoms with Crippen LogP contribution < -0.4 is 10.6 Å². The molecule has 3 nitrogen and oxygen atoms in total. The molecule has 94 valence electrons. The van der Waals surface area contributed by atoms with Gasteiger partial charge in [-0.1, -0.05) is 39.5 Å². The standard InChI is InChI=1S/C13H26N2O/c1-3-5-7-9-13(10-8-6-4-2)14-11-12(16)15-13/h14H,3-11H2,1-2H3,(H,15,16). The van der Waals surface area contributed by atoms with E-state index < -0.39 is 0 Å². The van der Waals surface area contributed by atoms with Gasteiger partial charge in [-0.05, 0) is 25.7 Å². The zero-order valence-corrected chi connectivity index (χ0v) is 10.8. The second-order valence-corrected chi connectivity index (χ2v) is 4.90. The third-order valence-corrected chi connectivity index (χ3v) is 3.38. The highest BCUT2D eigenvalue weighted by Gasteiger charge is 2.35. The fraction of sp³-hybridized carbons (Fsp3) is 0.923. The van der Waals surface area contributed by atoms with Crippen molar-refractivity contribution in [3.63, 3.8) is 0 Å². The van der Waals surface area contributed by atoms with E-state index in [4.69, 9.17) is 0 Å². The second-order valence-electron chi connectivity index (χ2n) is 4.90. The van der Waals surface area contributed by atoms with Gasteiger partial charge in [0, 0.05) is 0 Å². The van der Waals surface area contributed by atoms with E-state index in [9.17, 15) is 4.79 Å². The highest BCUT2D eigenvalue weighted by molar-refractivity contribution is 5.81. The highest BCUT2D eigenvalue weighted by atomic mass is 16.2. The summed E-state index contributed by atoms with van der Waals surface area (Å²) in [5, 5.41) is 6.51. The van der Waals surface area contributed by atoms with Crippen molar-refractivity contribution in [3.8, 4) is 0 Å². The van der Waals surface area contributed by atoms with E-state index in [2.05, 4.69) is 24.5 Å². The van der Waals surface area contributed by atoms with Gasteiger partial charge in [-0.25, -0.2) is 0 Å². The summed E-state index contributed by atoms with van der Waals surface area (Å²) in [5.74, 6) is 0.160. The molecule has 1 heterocycles. The molecule has 1 fully saturated rings. The fourth-order valence-corrected chi connectivity index (χ4v) is 2.39. The van der Waals surface area contributed by atoms with Gasteiger partial charge in [-0.2, -0.15) is 0 Å². The maximum Gasteiger partial charge on any atom is 0.235 e. The van der Waals surface area contributed by atoms with E-state index in [1.54, 1.807) is 0 Å².